The Balaban J connectivity index is 1.73. The number of allylic oxidation sites excluding steroid dienone is 3. The molecular formula is C24H17N5O2. The van der Waals surface area contributed by atoms with E-state index in [-0.39, 0.29) is 5.91 Å². The largest absolute Gasteiger partial charge is 0.465 e. The van der Waals surface area contributed by atoms with Crippen molar-refractivity contribution in [1.29, 1.82) is 0 Å². The van der Waals surface area contributed by atoms with E-state index in [0.717, 1.165) is 21.5 Å². The summed E-state index contributed by atoms with van der Waals surface area (Å²) < 4.78 is 5.66. The van der Waals surface area contributed by atoms with E-state index in [0.29, 0.717) is 23.7 Å². The van der Waals surface area contributed by atoms with Crippen molar-refractivity contribution in [2.24, 2.45) is 9.98 Å². The van der Waals surface area contributed by atoms with Crippen LogP contribution in [0.5, 0.6) is 5.75 Å². The summed E-state index contributed by atoms with van der Waals surface area (Å²) in [4.78, 5) is 31.9. The lowest BCUT2D eigenvalue weighted by atomic mass is 10.1. The molecule has 31 heavy (non-hydrogen) atoms. The molecule has 0 aliphatic carbocycles. The van der Waals surface area contributed by atoms with Crippen molar-refractivity contribution in [1.82, 2.24) is 14.9 Å². The molecular weight excluding hydrogens is 390 g/mol. The maximum atomic E-state index is 12.4. The predicted molar refractivity (Wildman–Crippen MR) is 118 cm³/mol. The maximum Gasteiger partial charge on any atom is 0.274 e. The third-order valence-electron chi connectivity index (χ3n) is 4.82. The lowest BCUT2D eigenvalue weighted by Gasteiger charge is -2.19. The molecule has 2 aliphatic heterocycles. The number of fused-ring (bicyclic) bond motifs is 4. The number of aromatic nitrogens is 2. The first kappa shape index (κ1) is 18.6. The van der Waals surface area contributed by atoms with Crippen molar-refractivity contribution in [2.45, 2.75) is 0 Å². The van der Waals surface area contributed by atoms with Gasteiger partial charge in [0.05, 0.1) is 23.7 Å². The van der Waals surface area contributed by atoms with Crippen molar-refractivity contribution >= 4 is 35.0 Å². The van der Waals surface area contributed by atoms with Crippen LogP contribution in [0.2, 0.25) is 0 Å². The van der Waals surface area contributed by atoms with Crippen molar-refractivity contribution in [3.05, 3.63) is 95.6 Å². The summed E-state index contributed by atoms with van der Waals surface area (Å²) in [5, 5.41) is 2.43. The second kappa shape index (κ2) is 8.16. The molecule has 150 valence electrons. The second-order valence-corrected chi connectivity index (χ2v) is 6.91. The first-order chi connectivity index (χ1) is 15.3. The first-order valence-corrected chi connectivity index (χ1v) is 9.70. The summed E-state index contributed by atoms with van der Waals surface area (Å²) in [6.07, 6.45) is 13.4. The van der Waals surface area contributed by atoms with Crippen LogP contribution in [0.15, 0.2) is 95.0 Å². The predicted octanol–water partition coefficient (Wildman–Crippen LogP) is 2.58. The molecule has 3 heterocycles. The second-order valence-electron chi connectivity index (χ2n) is 6.91. The SMILES string of the molecule is O=C1/N=C/C=C\Oc2ccc3ncnc(c3c2)/N=c2\cccc\c2=C/N2C=CC=C1C2. The molecule has 2 aliphatic rings. The molecule has 4 bridgehead atoms. The number of para-hydroxylation sites is 1. The fourth-order valence-corrected chi connectivity index (χ4v) is 3.32. The van der Waals surface area contributed by atoms with Gasteiger partial charge in [-0.1, -0.05) is 24.3 Å². The van der Waals surface area contributed by atoms with E-state index < -0.39 is 0 Å². The van der Waals surface area contributed by atoms with Crippen molar-refractivity contribution in [3.8, 4) is 5.75 Å². The van der Waals surface area contributed by atoms with Crippen molar-refractivity contribution in [2.75, 3.05) is 6.54 Å². The third kappa shape index (κ3) is 4.02. The van der Waals surface area contributed by atoms with Crippen LogP contribution >= 0.6 is 0 Å². The minimum atomic E-state index is -0.293. The minimum absolute atomic E-state index is 0.293. The third-order valence-corrected chi connectivity index (χ3v) is 4.82. The van der Waals surface area contributed by atoms with E-state index in [1.807, 2.05) is 65.8 Å². The zero-order valence-corrected chi connectivity index (χ0v) is 16.4. The maximum absolute atomic E-state index is 12.4. The number of amides is 1. The topological polar surface area (TPSA) is 80.0 Å². The molecule has 0 unspecified atom stereocenters. The smallest absolute Gasteiger partial charge is 0.274 e. The van der Waals surface area contributed by atoms with Gasteiger partial charge in [-0.3, -0.25) is 4.79 Å². The molecule has 0 fully saturated rings. The number of benzene rings is 2. The average molecular weight is 407 g/mol. The number of nitrogens with zero attached hydrogens (tertiary/aromatic N) is 5. The molecule has 0 saturated heterocycles. The number of rotatable bonds is 0. The van der Waals surface area contributed by atoms with Crippen LogP contribution in [0, 0.1) is 0 Å². The van der Waals surface area contributed by atoms with E-state index in [4.69, 9.17) is 9.73 Å². The van der Waals surface area contributed by atoms with Crippen molar-refractivity contribution < 1.29 is 9.53 Å². The number of carbonyl (C=O) groups is 1. The number of ether oxygens (including phenoxy) is 1. The Hall–Kier alpha value is -4.39. The van der Waals surface area contributed by atoms with Gasteiger partial charge in [-0.2, -0.15) is 0 Å². The van der Waals surface area contributed by atoms with Crippen molar-refractivity contribution in [3.63, 3.8) is 0 Å². The van der Waals surface area contributed by atoms with Gasteiger partial charge in [0.15, 0.2) is 5.82 Å². The van der Waals surface area contributed by atoms with Crippen LogP contribution in [0.3, 0.4) is 0 Å². The molecule has 0 N–H and O–H groups in total. The van der Waals surface area contributed by atoms with E-state index >= 15 is 0 Å². The molecule has 0 radical (unpaired) electrons. The van der Waals surface area contributed by atoms with E-state index in [1.165, 1.54) is 18.8 Å². The molecule has 5 rings (SSSR count). The van der Waals surface area contributed by atoms with E-state index in [9.17, 15) is 4.79 Å². The molecule has 7 nitrogen and oxygen atoms in total. The van der Waals surface area contributed by atoms with Gasteiger partial charge in [-0.05, 0) is 36.4 Å². The van der Waals surface area contributed by atoms with Crippen LogP contribution < -0.4 is 15.3 Å². The fraction of sp³-hybridized carbons (Fsp3) is 0.0417. The van der Waals surface area contributed by atoms with Crippen LogP contribution in [-0.4, -0.2) is 33.5 Å². The number of hydrogen-bond acceptors (Lipinski definition) is 6. The summed E-state index contributed by atoms with van der Waals surface area (Å²) in [5.41, 5.74) is 1.36. The van der Waals surface area contributed by atoms with Gasteiger partial charge in [0.2, 0.25) is 0 Å². The molecule has 1 aromatic heterocycles. The molecule has 7 heteroatoms. The Morgan fingerprint density at radius 2 is 1.97 bits per heavy atom. The molecule has 0 spiro atoms. The molecule has 0 saturated carbocycles. The Labute approximate surface area is 177 Å². The normalized spacial score (nSPS) is 19.8. The van der Waals surface area contributed by atoms with Gasteiger partial charge in [0.25, 0.3) is 5.91 Å². The standard InChI is InChI=1S/C24H17N5O2/c30-24-18-6-3-11-29(15-18)14-17-5-1-2-7-21(17)28-23-20-13-19(31-12-4-10-25-24)8-9-22(20)26-16-27-23/h1-14,16H,15H2/b12-4-,17-14+,25-10+,28-21+. The highest BCUT2D eigenvalue weighted by atomic mass is 16.5. The minimum Gasteiger partial charge on any atom is -0.465 e. The quantitative estimate of drug-likeness (QED) is 0.572. The molecule has 1 amide bonds. The first-order valence-electron chi connectivity index (χ1n) is 9.70. The van der Waals surface area contributed by atoms with Gasteiger partial charge in [0.1, 0.15) is 12.1 Å². The Morgan fingerprint density at radius 3 is 2.94 bits per heavy atom. The highest BCUT2D eigenvalue weighted by Crippen LogP contribution is 2.26. The number of aliphatic imine (C=N–C) groups is 1. The van der Waals surface area contributed by atoms with Crippen LogP contribution in [0.4, 0.5) is 5.82 Å². The summed E-state index contributed by atoms with van der Waals surface area (Å²) in [6, 6.07) is 13.3. The fourth-order valence-electron chi connectivity index (χ4n) is 3.32. The summed E-state index contributed by atoms with van der Waals surface area (Å²) >= 11 is 0. The van der Waals surface area contributed by atoms with Gasteiger partial charge in [0, 0.05) is 34.8 Å². The summed E-state index contributed by atoms with van der Waals surface area (Å²) in [5.74, 6) is 0.864. The Bertz CT molecular complexity index is 1420. The lowest BCUT2D eigenvalue weighted by Crippen LogP contribution is -2.29. The zero-order chi connectivity index (χ0) is 21.0. The monoisotopic (exact) mass is 407 g/mol. The highest BCUT2D eigenvalue weighted by Gasteiger charge is 2.12. The highest BCUT2D eigenvalue weighted by molar-refractivity contribution is 6.00. The summed E-state index contributed by atoms with van der Waals surface area (Å²) in [6.45, 7) is 0.416. The van der Waals surface area contributed by atoms with Crippen LogP contribution in [0.1, 0.15) is 0 Å². The van der Waals surface area contributed by atoms with Gasteiger partial charge >= 0.3 is 0 Å². The average Bonchev–Trinajstić information content (AvgIpc) is 2.80. The zero-order valence-electron chi connectivity index (χ0n) is 16.4. The number of carbonyl (C=O) groups excluding carboxylic acids is 1. The van der Waals surface area contributed by atoms with E-state index in [2.05, 4.69) is 15.0 Å². The summed E-state index contributed by atoms with van der Waals surface area (Å²) in [7, 11) is 0. The Morgan fingerprint density at radius 1 is 1.03 bits per heavy atom. The van der Waals surface area contributed by atoms with Gasteiger partial charge in [-0.25, -0.2) is 20.0 Å². The lowest BCUT2D eigenvalue weighted by molar-refractivity contribution is -0.114. The Kier molecular flexibility index (Phi) is 4.90. The van der Waals surface area contributed by atoms with Crippen LogP contribution in [0.25, 0.3) is 17.1 Å². The van der Waals surface area contributed by atoms with Crippen LogP contribution in [-0.2, 0) is 4.79 Å². The molecule has 2 aromatic carbocycles. The molecule has 3 aromatic rings. The molecule has 0 atom stereocenters. The van der Waals surface area contributed by atoms with Gasteiger partial charge in [-0.15, -0.1) is 0 Å². The van der Waals surface area contributed by atoms with E-state index in [1.54, 1.807) is 12.2 Å². The van der Waals surface area contributed by atoms with Gasteiger partial charge < -0.3 is 9.64 Å². The number of hydrogen-bond donors (Lipinski definition) is 0.